The minimum absolute atomic E-state index is 0.0481. The Balaban J connectivity index is 1.95. The summed E-state index contributed by atoms with van der Waals surface area (Å²) < 4.78 is 9.82. The summed E-state index contributed by atoms with van der Waals surface area (Å²) in [5, 5.41) is 8.73. The number of cyclic esters (lactones) is 1. The van der Waals surface area contributed by atoms with Gasteiger partial charge in [-0.05, 0) is 17.7 Å². The standard InChI is InChI=1S/C13H12ClNO6/c1-8-6-13(14,21-11(8)16)12(17)20-7-9-2-4-10(5-3-9)15(18)19/h2-5,8H,6-7H2,1H3. The van der Waals surface area contributed by atoms with Crippen LogP contribution in [0.5, 0.6) is 0 Å². The molecule has 2 unspecified atom stereocenters. The van der Waals surface area contributed by atoms with E-state index >= 15 is 0 Å². The Kier molecular flexibility index (Phi) is 4.13. The number of benzene rings is 1. The Labute approximate surface area is 124 Å². The molecular weight excluding hydrogens is 302 g/mol. The van der Waals surface area contributed by atoms with E-state index in [1.807, 2.05) is 0 Å². The van der Waals surface area contributed by atoms with Crippen molar-refractivity contribution in [1.82, 2.24) is 0 Å². The highest BCUT2D eigenvalue weighted by Crippen LogP contribution is 2.35. The van der Waals surface area contributed by atoms with Crippen LogP contribution in [0.2, 0.25) is 0 Å². The molecule has 0 aliphatic carbocycles. The number of non-ortho nitro benzene ring substituents is 1. The first-order valence-corrected chi connectivity index (χ1v) is 6.52. The van der Waals surface area contributed by atoms with Gasteiger partial charge in [0, 0.05) is 18.6 Å². The first kappa shape index (κ1) is 15.2. The second-order valence-electron chi connectivity index (χ2n) is 4.75. The van der Waals surface area contributed by atoms with Crippen LogP contribution in [-0.2, 0) is 25.7 Å². The average Bonchev–Trinajstić information content (AvgIpc) is 2.71. The molecule has 8 heteroatoms. The molecule has 2 atom stereocenters. The zero-order chi connectivity index (χ0) is 15.6. The van der Waals surface area contributed by atoms with E-state index in [0.717, 1.165) is 0 Å². The van der Waals surface area contributed by atoms with Crippen LogP contribution in [0, 0.1) is 16.0 Å². The number of hydrogen-bond acceptors (Lipinski definition) is 6. The molecule has 2 rings (SSSR count). The average molecular weight is 314 g/mol. The number of nitrogens with zero attached hydrogens (tertiary/aromatic N) is 1. The highest BCUT2D eigenvalue weighted by Gasteiger charge is 2.50. The van der Waals surface area contributed by atoms with E-state index in [1.54, 1.807) is 6.92 Å². The lowest BCUT2D eigenvalue weighted by atomic mass is 10.1. The molecular formula is C13H12ClNO6. The topological polar surface area (TPSA) is 95.7 Å². The maximum absolute atomic E-state index is 11.9. The molecule has 1 aromatic carbocycles. The van der Waals surface area contributed by atoms with E-state index in [1.165, 1.54) is 24.3 Å². The molecule has 21 heavy (non-hydrogen) atoms. The van der Waals surface area contributed by atoms with Crippen LogP contribution in [0.25, 0.3) is 0 Å². The third-order valence-corrected chi connectivity index (χ3v) is 3.44. The van der Waals surface area contributed by atoms with Gasteiger partial charge in [0.25, 0.3) is 10.7 Å². The number of carbonyl (C=O) groups excluding carboxylic acids is 2. The molecule has 0 saturated carbocycles. The first-order valence-electron chi connectivity index (χ1n) is 6.14. The molecule has 1 aromatic rings. The molecule has 7 nitrogen and oxygen atoms in total. The molecule has 1 fully saturated rings. The summed E-state index contributed by atoms with van der Waals surface area (Å²) in [6.45, 7) is 1.49. The van der Waals surface area contributed by atoms with E-state index in [2.05, 4.69) is 0 Å². The Morgan fingerprint density at radius 2 is 2.14 bits per heavy atom. The summed E-state index contributed by atoms with van der Waals surface area (Å²) in [5.74, 6) is -1.85. The molecule has 1 saturated heterocycles. The van der Waals surface area contributed by atoms with Crippen LogP contribution in [0.15, 0.2) is 24.3 Å². The van der Waals surface area contributed by atoms with Crippen molar-refractivity contribution in [3.05, 3.63) is 39.9 Å². The molecule has 1 heterocycles. The summed E-state index contributed by atoms with van der Waals surface area (Å²) in [7, 11) is 0. The summed E-state index contributed by atoms with van der Waals surface area (Å²) in [5.41, 5.74) is 0.504. The fraction of sp³-hybridized carbons (Fsp3) is 0.385. The van der Waals surface area contributed by atoms with Gasteiger partial charge in [-0.25, -0.2) is 4.79 Å². The van der Waals surface area contributed by atoms with Gasteiger partial charge in [0.1, 0.15) is 6.61 Å². The fourth-order valence-corrected chi connectivity index (χ4v) is 2.24. The van der Waals surface area contributed by atoms with Crippen molar-refractivity contribution in [2.75, 3.05) is 0 Å². The number of hydrogen-bond donors (Lipinski definition) is 0. The molecule has 0 radical (unpaired) electrons. The van der Waals surface area contributed by atoms with Crippen LogP contribution < -0.4 is 0 Å². The summed E-state index contributed by atoms with van der Waals surface area (Å²) in [6, 6.07) is 5.54. The van der Waals surface area contributed by atoms with Gasteiger partial charge in [0.2, 0.25) is 0 Å². The zero-order valence-electron chi connectivity index (χ0n) is 11.1. The number of alkyl halides is 1. The van der Waals surface area contributed by atoms with Crippen LogP contribution in [0.1, 0.15) is 18.9 Å². The number of nitro groups is 1. The number of halogens is 1. The third kappa shape index (κ3) is 3.30. The van der Waals surface area contributed by atoms with Gasteiger partial charge in [0.05, 0.1) is 10.8 Å². The molecule has 0 N–H and O–H groups in total. The van der Waals surface area contributed by atoms with Crippen molar-refractivity contribution < 1.29 is 24.0 Å². The van der Waals surface area contributed by atoms with Crippen molar-refractivity contribution in [3.8, 4) is 0 Å². The van der Waals surface area contributed by atoms with Gasteiger partial charge in [0.15, 0.2) is 0 Å². The van der Waals surface area contributed by atoms with E-state index < -0.39 is 27.8 Å². The smallest absolute Gasteiger partial charge is 0.367 e. The molecule has 0 amide bonds. The number of esters is 2. The van der Waals surface area contributed by atoms with E-state index in [0.29, 0.717) is 5.56 Å². The van der Waals surface area contributed by atoms with Crippen LogP contribution in [0.3, 0.4) is 0 Å². The van der Waals surface area contributed by atoms with Crippen LogP contribution in [-0.4, -0.2) is 21.9 Å². The largest absolute Gasteiger partial charge is 0.457 e. The maximum atomic E-state index is 11.9. The van der Waals surface area contributed by atoms with E-state index in [9.17, 15) is 19.7 Å². The predicted molar refractivity (Wildman–Crippen MR) is 71.3 cm³/mol. The van der Waals surface area contributed by atoms with Gasteiger partial charge in [-0.1, -0.05) is 18.5 Å². The van der Waals surface area contributed by atoms with Crippen molar-refractivity contribution in [1.29, 1.82) is 0 Å². The zero-order valence-corrected chi connectivity index (χ0v) is 11.8. The molecule has 0 bridgehead atoms. The second-order valence-corrected chi connectivity index (χ2v) is 5.36. The number of rotatable bonds is 4. The van der Waals surface area contributed by atoms with Gasteiger partial charge in [-0.2, -0.15) is 0 Å². The first-order chi connectivity index (χ1) is 9.82. The predicted octanol–water partition coefficient (Wildman–Crippen LogP) is 2.16. The highest BCUT2D eigenvalue weighted by molar-refractivity contribution is 6.34. The van der Waals surface area contributed by atoms with Gasteiger partial charge < -0.3 is 9.47 Å². The van der Waals surface area contributed by atoms with Crippen molar-refractivity contribution in [2.24, 2.45) is 5.92 Å². The second kappa shape index (κ2) is 5.69. The lowest BCUT2D eigenvalue weighted by Gasteiger charge is -2.17. The Bertz CT molecular complexity index is 587. The molecule has 0 spiro atoms. The molecule has 112 valence electrons. The SMILES string of the molecule is CC1CC(Cl)(C(=O)OCc2ccc([N+](=O)[O-])cc2)OC1=O. The summed E-state index contributed by atoms with van der Waals surface area (Å²) in [6.07, 6.45) is 0.0481. The lowest BCUT2D eigenvalue weighted by molar-refractivity contribution is -0.384. The normalized spacial score (nSPS) is 24.5. The maximum Gasteiger partial charge on any atom is 0.367 e. The Hall–Kier alpha value is -2.15. The van der Waals surface area contributed by atoms with Gasteiger partial charge in [-0.3, -0.25) is 14.9 Å². The summed E-state index contributed by atoms with van der Waals surface area (Å²) >= 11 is 5.94. The number of carbonyl (C=O) groups is 2. The summed E-state index contributed by atoms with van der Waals surface area (Å²) in [4.78, 5) is 33.1. The molecule has 0 aromatic heterocycles. The van der Waals surface area contributed by atoms with Crippen LogP contribution >= 0.6 is 11.6 Å². The molecule has 1 aliphatic heterocycles. The number of ether oxygens (including phenoxy) is 2. The van der Waals surface area contributed by atoms with E-state index in [-0.39, 0.29) is 18.7 Å². The Morgan fingerprint density at radius 3 is 2.62 bits per heavy atom. The monoisotopic (exact) mass is 313 g/mol. The van der Waals surface area contributed by atoms with E-state index in [4.69, 9.17) is 21.1 Å². The van der Waals surface area contributed by atoms with Gasteiger partial charge >= 0.3 is 11.9 Å². The third-order valence-electron chi connectivity index (χ3n) is 3.06. The minimum atomic E-state index is -1.78. The van der Waals surface area contributed by atoms with Crippen molar-refractivity contribution >= 4 is 29.2 Å². The van der Waals surface area contributed by atoms with Gasteiger partial charge in [-0.15, -0.1) is 0 Å². The van der Waals surface area contributed by atoms with Crippen molar-refractivity contribution in [3.63, 3.8) is 0 Å². The minimum Gasteiger partial charge on any atom is -0.457 e. The highest BCUT2D eigenvalue weighted by atomic mass is 35.5. The van der Waals surface area contributed by atoms with Crippen molar-refractivity contribution in [2.45, 2.75) is 25.0 Å². The number of nitro benzene ring substituents is 1. The fourth-order valence-electron chi connectivity index (χ4n) is 1.87. The lowest BCUT2D eigenvalue weighted by Crippen LogP contribution is -2.33. The van der Waals surface area contributed by atoms with Crippen LogP contribution in [0.4, 0.5) is 5.69 Å². The quantitative estimate of drug-likeness (QED) is 0.366. The Morgan fingerprint density at radius 1 is 1.52 bits per heavy atom. The molecule has 1 aliphatic rings.